The third-order valence-electron chi connectivity index (χ3n) is 2.91. The Bertz CT molecular complexity index is 390. The molecule has 0 aliphatic carbocycles. The Kier molecular flexibility index (Phi) is 6.71. The fourth-order valence-corrected chi connectivity index (χ4v) is 1.80. The maximum atomic E-state index is 8.54. The highest BCUT2D eigenvalue weighted by Gasteiger charge is 2.06. The maximum absolute atomic E-state index is 8.54. The number of hydrogen-bond donors (Lipinski definition) is 2. The van der Waals surface area contributed by atoms with Crippen LogP contribution < -0.4 is 10.5 Å². The van der Waals surface area contributed by atoms with Crippen LogP contribution in [-0.2, 0) is 0 Å². The molecule has 0 amide bonds. The molecule has 0 radical (unpaired) electrons. The molecule has 0 fully saturated rings. The number of hydrogen-bond acceptors (Lipinski definition) is 4. The first-order valence-corrected chi connectivity index (χ1v) is 6.78. The first kappa shape index (κ1) is 15.3. The molecule has 5 heteroatoms. The summed E-state index contributed by atoms with van der Waals surface area (Å²) in [5.74, 6) is 0.705. The lowest BCUT2D eigenvalue weighted by atomic mass is 10.1. The first-order valence-electron chi connectivity index (χ1n) is 6.78. The fourth-order valence-electron chi connectivity index (χ4n) is 1.80. The molecular weight excluding hydrogens is 242 g/mol. The summed E-state index contributed by atoms with van der Waals surface area (Å²) in [6.45, 7) is 4.26. The zero-order valence-electron chi connectivity index (χ0n) is 11.7. The van der Waals surface area contributed by atoms with E-state index in [0.717, 1.165) is 6.42 Å². The average molecular weight is 265 g/mol. The zero-order valence-corrected chi connectivity index (χ0v) is 11.7. The summed E-state index contributed by atoms with van der Waals surface area (Å²) in [6, 6.07) is 3.46. The van der Waals surface area contributed by atoms with E-state index in [2.05, 4.69) is 24.0 Å². The monoisotopic (exact) mass is 265 g/mol. The Morgan fingerprint density at radius 2 is 2.21 bits per heavy atom. The predicted octanol–water partition coefficient (Wildman–Crippen LogP) is 2.91. The molecule has 1 rings (SSSR count). The van der Waals surface area contributed by atoms with E-state index in [1.807, 2.05) is 0 Å². The average Bonchev–Trinajstić information content (AvgIpc) is 2.43. The quantitative estimate of drug-likeness (QED) is 0.249. The van der Waals surface area contributed by atoms with Crippen molar-refractivity contribution in [1.82, 2.24) is 4.98 Å². The van der Waals surface area contributed by atoms with E-state index in [1.165, 1.54) is 25.7 Å². The Labute approximate surface area is 114 Å². The Balaban J connectivity index is 2.40. The molecule has 1 unspecified atom stereocenters. The Morgan fingerprint density at radius 3 is 2.79 bits per heavy atom. The van der Waals surface area contributed by atoms with Crippen molar-refractivity contribution in [2.24, 2.45) is 10.9 Å². The van der Waals surface area contributed by atoms with Crippen LogP contribution >= 0.6 is 0 Å². The third-order valence-corrected chi connectivity index (χ3v) is 2.91. The molecule has 0 aromatic carbocycles. The minimum atomic E-state index is -0.000774. The molecule has 106 valence electrons. The molecule has 1 heterocycles. The van der Waals surface area contributed by atoms with Gasteiger partial charge in [-0.05, 0) is 31.9 Å². The third kappa shape index (κ3) is 5.59. The molecule has 0 saturated carbocycles. The second-order valence-corrected chi connectivity index (χ2v) is 4.64. The van der Waals surface area contributed by atoms with Gasteiger partial charge in [-0.15, -0.1) is 0 Å². The van der Waals surface area contributed by atoms with Crippen LogP contribution in [0.3, 0.4) is 0 Å². The number of nitrogens with zero attached hydrogens (tertiary/aromatic N) is 2. The van der Waals surface area contributed by atoms with Gasteiger partial charge in [0.05, 0.1) is 12.3 Å². The van der Waals surface area contributed by atoms with Crippen LogP contribution in [0.1, 0.15) is 51.6 Å². The van der Waals surface area contributed by atoms with Gasteiger partial charge in [0.25, 0.3) is 0 Å². The van der Waals surface area contributed by atoms with Crippen molar-refractivity contribution in [2.45, 2.75) is 52.1 Å². The standard InChI is InChI=1S/C14H23N3O2/c1-3-4-5-6-7-11(2)19-12-8-9-13(16-10-12)14(15)17-18/h8-11,18H,3-7H2,1-2H3,(H2,15,17). The lowest BCUT2D eigenvalue weighted by molar-refractivity contribution is 0.205. The number of unbranched alkanes of at least 4 members (excludes halogenated alkanes) is 3. The Hall–Kier alpha value is -1.78. The van der Waals surface area contributed by atoms with Crippen molar-refractivity contribution in [3.63, 3.8) is 0 Å². The van der Waals surface area contributed by atoms with Crippen molar-refractivity contribution in [1.29, 1.82) is 0 Å². The van der Waals surface area contributed by atoms with Gasteiger partial charge >= 0.3 is 0 Å². The van der Waals surface area contributed by atoms with E-state index in [0.29, 0.717) is 11.4 Å². The molecule has 1 aromatic heterocycles. The van der Waals surface area contributed by atoms with Crippen LogP contribution in [0.5, 0.6) is 5.75 Å². The Morgan fingerprint density at radius 1 is 1.42 bits per heavy atom. The van der Waals surface area contributed by atoms with Crippen LogP contribution in [-0.4, -0.2) is 22.1 Å². The minimum Gasteiger partial charge on any atom is -0.489 e. The second kappa shape index (κ2) is 8.34. The highest BCUT2D eigenvalue weighted by atomic mass is 16.5. The SMILES string of the molecule is CCCCCCC(C)Oc1ccc(/C(N)=N/O)nc1. The number of rotatable bonds is 8. The molecule has 5 nitrogen and oxygen atoms in total. The maximum Gasteiger partial charge on any atom is 0.188 e. The van der Waals surface area contributed by atoms with Crippen molar-refractivity contribution >= 4 is 5.84 Å². The van der Waals surface area contributed by atoms with Gasteiger partial charge < -0.3 is 15.7 Å². The molecule has 0 aliphatic rings. The molecule has 3 N–H and O–H groups in total. The highest BCUT2D eigenvalue weighted by Crippen LogP contribution is 2.14. The fraction of sp³-hybridized carbons (Fsp3) is 0.571. The van der Waals surface area contributed by atoms with Gasteiger partial charge in [-0.3, -0.25) is 0 Å². The van der Waals surface area contributed by atoms with Gasteiger partial charge in [0.1, 0.15) is 11.4 Å². The summed E-state index contributed by atoms with van der Waals surface area (Å²) in [5.41, 5.74) is 5.87. The normalized spacial score (nSPS) is 13.3. The van der Waals surface area contributed by atoms with Crippen LogP contribution in [0.4, 0.5) is 0 Å². The molecule has 1 atom stereocenters. The summed E-state index contributed by atoms with van der Waals surface area (Å²) in [7, 11) is 0. The highest BCUT2D eigenvalue weighted by molar-refractivity contribution is 5.95. The van der Waals surface area contributed by atoms with Crippen LogP contribution in [0.15, 0.2) is 23.5 Å². The molecule has 0 saturated heterocycles. The number of pyridine rings is 1. The molecular formula is C14H23N3O2. The van der Waals surface area contributed by atoms with Gasteiger partial charge in [-0.2, -0.15) is 0 Å². The number of aromatic nitrogens is 1. The number of nitrogens with two attached hydrogens (primary N) is 1. The smallest absolute Gasteiger partial charge is 0.188 e. The van der Waals surface area contributed by atoms with E-state index in [4.69, 9.17) is 15.7 Å². The van der Waals surface area contributed by atoms with Gasteiger partial charge in [0, 0.05) is 0 Å². The van der Waals surface area contributed by atoms with Gasteiger partial charge in [0.2, 0.25) is 0 Å². The molecule has 0 bridgehead atoms. The lowest BCUT2D eigenvalue weighted by Crippen LogP contribution is -2.15. The molecule has 1 aromatic rings. The van der Waals surface area contributed by atoms with E-state index in [9.17, 15) is 0 Å². The number of ether oxygens (including phenoxy) is 1. The summed E-state index contributed by atoms with van der Waals surface area (Å²) in [6.07, 6.45) is 7.78. The summed E-state index contributed by atoms with van der Waals surface area (Å²) >= 11 is 0. The van der Waals surface area contributed by atoms with Crippen LogP contribution in [0.25, 0.3) is 0 Å². The molecule has 0 aliphatic heterocycles. The lowest BCUT2D eigenvalue weighted by Gasteiger charge is -2.14. The summed E-state index contributed by atoms with van der Waals surface area (Å²) in [4.78, 5) is 4.07. The number of oxime groups is 1. The predicted molar refractivity (Wildman–Crippen MR) is 75.6 cm³/mol. The van der Waals surface area contributed by atoms with Crippen LogP contribution in [0.2, 0.25) is 0 Å². The summed E-state index contributed by atoms with van der Waals surface area (Å²) in [5, 5.41) is 11.4. The van der Waals surface area contributed by atoms with Gasteiger partial charge in [0.15, 0.2) is 5.84 Å². The summed E-state index contributed by atoms with van der Waals surface area (Å²) < 4.78 is 5.76. The van der Waals surface area contributed by atoms with E-state index >= 15 is 0 Å². The largest absolute Gasteiger partial charge is 0.489 e. The number of amidine groups is 1. The molecule has 0 spiro atoms. The minimum absolute atomic E-state index is 0.000774. The van der Waals surface area contributed by atoms with Gasteiger partial charge in [-0.25, -0.2) is 4.98 Å². The van der Waals surface area contributed by atoms with Crippen molar-refractivity contribution < 1.29 is 9.94 Å². The van der Waals surface area contributed by atoms with E-state index in [1.54, 1.807) is 18.3 Å². The van der Waals surface area contributed by atoms with Crippen molar-refractivity contribution in [3.8, 4) is 5.75 Å². The topological polar surface area (TPSA) is 80.7 Å². The molecule has 19 heavy (non-hydrogen) atoms. The van der Waals surface area contributed by atoms with Crippen molar-refractivity contribution in [3.05, 3.63) is 24.0 Å². The zero-order chi connectivity index (χ0) is 14.1. The van der Waals surface area contributed by atoms with Crippen molar-refractivity contribution in [2.75, 3.05) is 0 Å². The van der Waals surface area contributed by atoms with E-state index < -0.39 is 0 Å². The van der Waals surface area contributed by atoms with Gasteiger partial charge in [-0.1, -0.05) is 31.3 Å². The van der Waals surface area contributed by atoms with Crippen LogP contribution in [0, 0.1) is 0 Å². The second-order valence-electron chi connectivity index (χ2n) is 4.64. The van der Waals surface area contributed by atoms with E-state index in [-0.39, 0.29) is 11.9 Å². The first-order chi connectivity index (χ1) is 9.17.